The van der Waals surface area contributed by atoms with E-state index in [-0.39, 0.29) is 24.8 Å². The van der Waals surface area contributed by atoms with E-state index in [2.05, 4.69) is 23.2 Å². The lowest BCUT2D eigenvalue weighted by Gasteiger charge is -1.79. The Balaban J connectivity index is -0.0000000800. The Morgan fingerprint density at radius 2 is 1.71 bits per heavy atom. The maximum atomic E-state index is 2.70. The third kappa shape index (κ3) is 19.2. The maximum Gasteiger partial charge on any atom is 0.118 e. The van der Waals surface area contributed by atoms with Crippen molar-refractivity contribution in [2.24, 2.45) is 0 Å². The first-order valence-corrected chi connectivity index (χ1v) is 2.93. The van der Waals surface area contributed by atoms with Crippen LogP contribution in [0.4, 0.5) is 0 Å². The average molecular weight is 157 g/mol. The van der Waals surface area contributed by atoms with Gasteiger partial charge in [0, 0.05) is 0 Å². The summed E-state index contributed by atoms with van der Waals surface area (Å²) in [6.07, 6.45) is 2.67. The van der Waals surface area contributed by atoms with Crippen LogP contribution in [0.5, 0.6) is 0 Å². The second kappa shape index (κ2) is 15.7. The van der Waals surface area contributed by atoms with Crippen LogP contribution in [0, 0.1) is 0 Å². The summed E-state index contributed by atoms with van der Waals surface area (Å²) in [5.74, 6) is 0. The Hall–Kier alpha value is 1.11. The molecule has 0 aliphatic rings. The summed E-state index contributed by atoms with van der Waals surface area (Å²) in [5, 5.41) is 1.26. The van der Waals surface area contributed by atoms with Gasteiger partial charge in [0.25, 0.3) is 0 Å². The van der Waals surface area contributed by atoms with E-state index in [1.807, 2.05) is 0 Å². The molecular weight excluding hydrogens is 146 g/mol. The van der Waals surface area contributed by atoms with Crippen LogP contribution in [0.1, 0.15) is 19.8 Å². The zero-order valence-electron chi connectivity index (χ0n) is 4.52. The van der Waals surface area contributed by atoms with Crippen molar-refractivity contribution in [3.63, 3.8) is 0 Å². The highest BCUT2D eigenvalue weighted by Gasteiger charge is 1.67. The standard InChI is InChI=1S/C4H9.Al.2ClH/c1-3-4-2;;;/h1,3-4H2,2H3;;2*1H. The molecule has 0 bridgehead atoms. The normalized spacial score (nSPS) is 5.86. The highest BCUT2D eigenvalue weighted by molar-refractivity contribution is 6.08. The van der Waals surface area contributed by atoms with Gasteiger partial charge in [-0.25, -0.2) is 0 Å². The van der Waals surface area contributed by atoms with Crippen molar-refractivity contribution in [2.45, 2.75) is 25.0 Å². The minimum Gasteiger partial charge on any atom is -0.147 e. The first kappa shape index (κ1) is 15.7. The lowest BCUT2D eigenvalue weighted by molar-refractivity contribution is 0.884. The Kier molecular flexibility index (Phi) is 35.2. The molecule has 0 heterocycles. The fraction of sp³-hybridized carbons (Fsp3) is 1.00. The minimum absolute atomic E-state index is 0. The van der Waals surface area contributed by atoms with Crippen LogP contribution in [-0.2, 0) is 0 Å². The molecule has 0 aromatic rings. The molecule has 0 aromatic heterocycles. The molecule has 0 unspecified atom stereocenters. The van der Waals surface area contributed by atoms with Gasteiger partial charge in [-0.15, -0.1) is 30.1 Å². The Labute approximate surface area is 66.3 Å². The van der Waals surface area contributed by atoms with Crippen LogP contribution >= 0.6 is 24.8 Å². The summed E-state index contributed by atoms with van der Waals surface area (Å²) in [7, 11) is 0. The quantitative estimate of drug-likeness (QED) is 0.539. The van der Waals surface area contributed by atoms with Crippen molar-refractivity contribution in [3.05, 3.63) is 0 Å². The molecule has 0 aliphatic carbocycles. The van der Waals surface area contributed by atoms with Crippen LogP contribution in [-0.4, -0.2) is 16.3 Å². The van der Waals surface area contributed by atoms with E-state index < -0.39 is 0 Å². The largest absolute Gasteiger partial charge is 0.147 e. The second-order valence-corrected chi connectivity index (χ2v) is 1.72. The van der Waals surface area contributed by atoms with Crippen molar-refractivity contribution in [1.29, 1.82) is 0 Å². The predicted octanol–water partition coefficient (Wildman–Crippen LogP) is 2.22. The third-order valence-electron chi connectivity index (χ3n) is 0.558. The van der Waals surface area contributed by atoms with E-state index in [0.717, 1.165) is 0 Å². The summed E-state index contributed by atoms with van der Waals surface area (Å²) < 4.78 is 0. The maximum absolute atomic E-state index is 2.70. The van der Waals surface area contributed by atoms with Crippen LogP contribution in [0.2, 0.25) is 5.28 Å². The van der Waals surface area contributed by atoms with Crippen molar-refractivity contribution in [2.75, 3.05) is 0 Å². The van der Waals surface area contributed by atoms with Gasteiger partial charge >= 0.3 is 0 Å². The van der Waals surface area contributed by atoms with Gasteiger partial charge in [0.2, 0.25) is 0 Å². The molecule has 7 heavy (non-hydrogen) atoms. The van der Waals surface area contributed by atoms with Crippen molar-refractivity contribution < 1.29 is 0 Å². The molecule has 0 N–H and O–H groups in total. The van der Waals surface area contributed by atoms with Gasteiger partial charge in [0.05, 0.1) is 0 Å². The van der Waals surface area contributed by atoms with Crippen molar-refractivity contribution in [1.82, 2.24) is 0 Å². The molecule has 0 aromatic carbocycles. The van der Waals surface area contributed by atoms with E-state index in [9.17, 15) is 0 Å². The van der Waals surface area contributed by atoms with Gasteiger partial charge in [-0.05, 0) is 0 Å². The van der Waals surface area contributed by atoms with Gasteiger partial charge in [-0.3, -0.25) is 0 Å². The molecule has 3 heteroatoms. The second-order valence-electron chi connectivity index (χ2n) is 1.14. The molecular formula is C4H11AlCl2. The van der Waals surface area contributed by atoms with Gasteiger partial charge in [0.15, 0.2) is 0 Å². The molecule has 0 aliphatic heterocycles. The molecule has 0 atom stereocenters. The predicted molar refractivity (Wildman–Crippen MR) is 40.0 cm³/mol. The van der Waals surface area contributed by atoms with Crippen LogP contribution < -0.4 is 0 Å². The minimum atomic E-state index is 0. The van der Waals surface area contributed by atoms with Crippen molar-refractivity contribution in [3.8, 4) is 0 Å². The van der Waals surface area contributed by atoms with E-state index in [4.69, 9.17) is 0 Å². The SMILES string of the molecule is CCC[CH2][Al].Cl.Cl. The van der Waals surface area contributed by atoms with Gasteiger partial charge in [-0.2, -0.15) is 0 Å². The number of halogens is 2. The fourth-order valence-electron chi connectivity index (χ4n) is 0.204. The molecule has 0 spiro atoms. The topological polar surface area (TPSA) is 0 Å². The molecule has 0 amide bonds. The molecule has 2 radical (unpaired) electrons. The Bertz CT molecular complexity index is 17.2. The van der Waals surface area contributed by atoms with E-state index >= 15 is 0 Å². The van der Waals surface area contributed by atoms with E-state index in [1.165, 1.54) is 18.1 Å². The van der Waals surface area contributed by atoms with Crippen LogP contribution in [0.15, 0.2) is 0 Å². The molecule has 0 saturated carbocycles. The van der Waals surface area contributed by atoms with Gasteiger partial charge < -0.3 is 0 Å². The van der Waals surface area contributed by atoms with Crippen molar-refractivity contribution >= 4 is 41.1 Å². The van der Waals surface area contributed by atoms with Crippen LogP contribution in [0.25, 0.3) is 0 Å². The summed E-state index contributed by atoms with van der Waals surface area (Å²) in [4.78, 5) is 0. The van der Waals surface area contributed by atoms with Gasteiger partial charge in [0.1, 0.15) is 16.3 Å². The molecule has 0 nitrogen and oxygen atoms in total. The summed E-state index contributed by atoms with van der Waals surface area (Å²) in [6.45, 7) is 2.20. The summed E-state index contributed by atoms with van der Waals surface area (Å²) >= 11 is 2.70. The molecule has 0 rings (SSSR count). The van der Waals surface area contributed by atoms with Gasteiger partial charge in [-0.1, -0.05) is 19.8 Å². The number of rotatable bonds is 2. The zero-order chi connectivity index (χ0) is 4.12. The fourth-order valence-corrected chi connectivity index (χ4v) is 0.612. The number of hydrogen-bond donors (Lipinski definition) is 0. The third-order valence-corrected chi connectivity index (χ3v) is 0.966. The average Bonchev–Trinajstić information content (AvgIpc) is 1.41. The highest BCUT2D eigenvalue weighted by Crippen LogP contribution is 1.86. The first-order valence-electron chi connectivity index (χ1n) is 2.12. The molecule has 0 saturated heterocycles. The number of hydrogen-bond acceptors (Lipinski definition) is 0. The Morgan fingerprint density at radius 1 is 1.29 bits per heavy atom. The lowest BCUT2D eigenvalue weighted by Crippen LogP contribution is -1.63. The zero-order valence-corrected chi connectivity index (χ0v) is 7.30. The molecule has 44 valence electrons. The monoisotopic (exact) mass is 156 g/mol. The Morgan fingerprint density at radius 3 is 1.71 bits per heavy atom. The summed E-state index contributed by atoms with van der Waals surface area (Å²) in [6, 6.07) is 0. The molecule has 0 fully saturated rings. The summed E-state index contributed by atoms with van der Waals surface area (Å²) in [5.41, 5.74) is 0. The van der Waals surface area contributed by atoms with Crippen LogP contribution in [0.3, 0.4) is 0 Å². The smallest absolute Gasteiger partial charge is 0.118 e. The lowest BCUT2D eigenvalue weighted by atomic mass is 10.4. The van der Waals surface area contributed by atoms with E-state index in [1.54, 1.807) is 0 Å². The number of unbranched alkanes of at least 4 members (excludes halogenated alkanes) is 1. The van der Waals surface area contributed by atoms with E-state index in [0.29, 0.717) is 0 Å². The highest BCUT2D eigenvalue weighted by atomic mass is 35.5. The first-order chi connectivity index (χ1) is 2.41.